The lowest BCUT2D eigenvalue weighted by atomic mass is 10.1. The Morgan fingerprint density at radius 3 is 2.78 bits per heavy atom. The second-order valence-corrected chi connectivity index (χ2v) is 5.25. The van der Waals surface area contributed by atoms with Crippen LogP contribution >= 0.6 is 11.3 Å². The Morgan fingerprint density at radius 1 is 1.22 bits per heavy atom. The van der Waals surface area contributed by atoms with Crippen LogP contribution in [-0.2, 0) is 6.54 Å². The first-order valence-corrected chi connectivity index (χ1v) is 6.63. The van der Waals surface area contributed by atoms with Crippen molar-refractivity contribution in [3.8, 4) is 0 Å². The van der Waals surface area contributed by atoms with Crippen molar-refractivity contribution in [3.63, 3.8) is 0 Å². The largest absolute Gasteiger partial charge is 1.00 e. The molecule has 3 aromatic rings. The van der Waals surface area contributed by atoms with Gasteiger partial charge in [-0.2, -0.15) is 4.40 Å². The van der Waals surface area contributed by atoms with Gasteiger partial charge in [-0.25, -0.2) is 4.57 Å². The summed E-state index contributed by atoms with van der Waals surface area (Å²) in [4.78, 5) is 1.30. The third-order valence-corrected chi connectivity index (χ3v) is 4.09. The molecular weight excluding hydrogens is 308 g/mol. The molecule has 0 aliphatic heterocycles. The molecule has 18 heavy (non-hydrogen) atoms. The van der Waals surface area contributed by atoms with Gasteiger partial charge < -0.3 is 17.0 Å². The molecule has 0 spiro atoms. The average Bonchev–Trinajstić information content (AvgIpc) is 2.85. The van der Waals surface area contributed by atoms with Gasteiger partial charge in [-0.1, -0.05) is 35.6 Å². The maximum absolute atomic E-state index is 2.37. The summed E-state index contributed by atoms with van der Waals surface area (Å²) < 4.78 is 4.56. The summed E-state index contributed by atoms with van der Waals surface area (Å²) in [6, 6.07) is 8.59. The van der Waals surface area contributed by atoms with Gasteiger partial charge in [-0.15, -0.1) is 0 Å². The van der Waals surface area contributed by atoms with Gasteiger partial charge in [0.2, 0.25) is 0 Å². The molecule has 0 saturated heterocycles. The number of hydrogen-bond donors (Lipinski definition) is 0. The third-order valence-electron chi connectivity index (χ3n) is 3.19. The minimum Gasteiger partial charge on any atom is -1.00 e. The van der Waals surface area contributed by atoms with E-state index in [4.69, 9.17) is 0 Å². The van der Waals surface area contributed by atoms with E-state index in [9.17, 15) is 0 Å². The summed E-state index contributed by atoms with van der Waals surface area (Å²) in [5.74, 6) is 0. The third kappa shape index (κ3) is 2.22. The van der Waals surface area contributed by atoms with E-state index in [0.717, 1.165) is 6.54 Å². The second-order valence-electron chi connectivity index (χ2n) is 4.38. The minimum absolute atomic E-state index is 0. The van der Waals surface area contributed by atoms with Crippen molar-refractivity contribution in [2.75, 3.05) is 0 Å². The van der Waals surface area contributed by atoms with Gasteiger partial charge >= 0.3 is 4.96 Å². The Hall–Kier alpha value is -1.13. The van der Waals surface area contributed by atoms with Gasteiger partial charge in [0.25, 0.3) is 0 Å². The fourth-order valence-corrected chi connectivity index (χ4v) is 3.04. The van der Waals surface area contributed by atoms with Crippen LogP contribution in [0.3, 0.4) is 0 Å². The number of benzene rings is 1. The SMILES string of the molecule is Cc1ccccc1Cn1c(C)c[n+]2ccsc12.[Br-]. The molecule has 94 valence electrons. The van der Waals surface area contributed by atoms with Crippen LogP contribution in [0.5, 0.6) is 0 Å². The number of hydrogen-bond acceptors (Lipinski definition) is 1. The van der Waals surface area contributed by atoms with Gasteiger partial charge in [0.1, 0.15) is 24.6 Å². The summed E-state index contributed by atoms with van der Waals surface area (Å²) in [5.41, 5.74) is 4.05. The topological polar surface area (TPSA) is 9.03 Å². The number of halogens is 1. The first-order valence-electron chi connectivity index (χ1n) is 5.75. The van der Waals surface area contributed by atoms with Crippen molar-refractivity contribution in [2.45, 2.75) is 20.4 Å². The van der Waals surface area contributed by atoms with E-state index >= 15 is 0 Å². The summed E-state index contributed by atoms with van der Waals surface area (Å²) in [6.45, 7) is 5.29. The molecule has 2 heterocycles. The molecule has 0 bridgehead atoms. The average molecular weight is 323 g/mol. The Kier molecular flexibility index (Phi) is 3.88. The molecule has 0 atom stereocenters. The van der Waals surface area contributed by atoms with Crippen molar-refractivity contribution < 1.29 is 21.4 Å². The molecule has 1 aromatic carbocycles. The number of thiazole rings is 1. The highest BCUT2D eigenvalue weighted by Gasteiger charge is 2.16. The fourth-order valence-electron chi connectivity index (χ4n) is 2.15. The molecule has 0 N–H and O–H groups in total. The van der Waals surface area contributed by atoms with Crippen LogP contribution in [0.2, 0.25) is 0 Å². The molecule has 0 amide bonds. The lowest BCUT2D eigenvalue weighted by Crippen LogP contribution is -3.00. The number of aromatic nitrogens is 2. The van der Waals surface area contributed by atoms with E-state index in [1.54, 1.807) is 11.3 Å². The number of nitrogens with zero attached hydrogens (tertiary/aromatic N) is 2. The van der Waals surface area contributed by atoms with E-state index in [1.165, 1.54) is 21.8 Å². The normalized spacial score (nSPS) is 10.6. The van der Waals surface area contributed by atoms with Crippen LogP contribution < -0.4 is 21.4 Å². The molecule has 0 aliphatic carbocycles. The Bertz CT molecular complexity index is 669. The van der Waals surface area contributed by atoms with Crippen LogP contribution in [-0.4, -0.2) is 4.57 Å². The van der Waals surface area contributed by atoms with Gasteiger partial charge in [-0.05, 0) is 18.1 Å². The van der Waals surface area contributed by atoms with E-state index in [1.807, 2.05) is 0 Å². The highest BCUT2D eigenvalue weighted by atomic mass is 79.9. The predicted molar refractivity (Wildman–Crippen MR) is 70.5 cm³/mol. The molecule has 0 unspecified atom stereocenters. The van der Waals surface area contributed by atoms with Crippen LogP contribution in [0.1, 0.15) is 16.8 Å². The van der Waals surface area contributed by atoms with Gasteiger partial charge in [-0.3, -0.25) is 0 Å². The Labute approximate surface area is 121 Å². The van der Waals surface area contributed by atoms with Crippen molar-refractivity contribution in [2.24, 2.45) is 0 Å². The quantitative estimate of drug-likeness (QED) is 0.585. The minimum atomic E-state index is 0. The number of rotatable bonds is 2. The first kappa shape index (κ1) is 13.3. The summed E-state index contributed by atoms with van der Waals surface area (Å²) in [6.07, 6.45) is 4.30. The second kappa shape index (κ2) is 5.24. The van der Waals surface area contributed by atoms with Crippen molar-refractivity contribution in [1.82, 2.24) is 4.57 Å². The first-order chi connectivity index (χ1) is 8.25. The van der Waals surface area contributed by atoms with Crippen LogP contribution in [0.15, 0.2) is 42.0 Å². The van der Waals surface area contributed by atoms with Crippen LogP contribution in [0.4, 0.5) is 0 Å². The molecule has 0 radical (unpaired) electrons. The maximum atomic E-state index is 2.37. The molecule has 4 heteroatoms. The summed E-state index contributed by atoms with van der Waals surface area (Å²) in [7, 11) is 0. The fraction of sp³-hybridized carbons (Fsp3) is 0.214. The Morgan fingerprint density at radius 2 is 2.00 bits per heavy atom. The molecule has 0 fully saturated rings. The zero-order valence-electron chi connectivity index (χ0n) is 10.4. The highest BCUT2D eigenvalue weighted by molar-refractivity contribution is 7.14. The number of aryl methyl sites for hydroxylation is 2. The standard InChI is InChI=1S/C14H15N2S.BrH/c1-11-5-3-4-6-13(11)10-16-12(2)9-15-7-8-17-14(15)16;/h3-9H,10H2,1-2H3;1H/q+1;/p-1. The van der Waals surface area contributed by atoms with Gasteiger partial charge in [0.15, 0.2) is 0 Å². The van der Waals surface area contributed by atoms with Crippen molar-refractivity contribution >= 4 is 16.3 Å². The van der Waals surface area contributed by atoms with Crippen LogP contribution in [0.25, 0.3) is 4.96 Å². The monoisotopic (exact) mass is 322 g/mol. The molecule has 2 aromatic heterocycles. The van der Waals surface area contributed by atoms with E-state index in [2.05, 4.69) is 64.9 Å². The number of imidazole rings is 1. The lowest BCUT2D eigenvalue weighted by Gasteiger charge is -2.03. The zero-order chi connectivity index (χ0) is 11.8. The van der Waals surface area contributed by atoms with Crippen molar-refractivity contribution in [3.05, 3.63) is 58.9 Å². The summed E-state index contributed by atoms with van der Waals surface area (Å²) in [5, 5.41) is 2.13. The number of fused-ring (bicyclic) bond motifs is 1. The van der Waals surface area contributed by atoms with E-state index in [-0.39, 0.29) is 17.0 Å². The van der Waals surface area contributed by atoms with Crippen LogP contribution in [0, 0.1) is 13.8 Å². The Balaban J connectivity index is 0.00000120. The lowest BCUT2D eigenvalue weighted by molar-refractivity contribution is -0.506. The van der Waals surface area contributed by atoms with E-state index < -0.39 is 0 Å². The molecule has 2 nitrogen and oxygen atoms in total. The van der Waals surface area contributed by atoms with Gasteiger partial charge in [0, 0.05) is 12.3 Å². The summed E-state index contributed by atoms with van der Waals surface area (Å²) >= 11 is 1.79. The predicted octanol–water partition coefficient (Wildman–Crippen LogP) is -0.0426. The van der Waals surface area contributed by atoms with Gasteiger partial charge in [0.05, 0.1) is 0 Å². The maximum Gasteiger partial charge on any atom is 0.346 e. The molecular formula is C14H15BrN2S. The molecule has 0 aliphatic rings. The smallest absolute Gasteiger partial charge is 0.346 e. The highest BCUT2D eigenvalue weighted by Crippen LogP contribution is 2.15. The molecule has 3 rings (SSSR count). The van der Waals surface area contributed by atoms with Crippen molar-refractivity contribution in [1.29, 1.82) is 0 Å². The van der Waals surface area contributed by atoms with E-state index in [0.29, 0.717) is 0 Å². The molecule has 0 saturated carbocycles. The zero-order valence-corrected chi connectivity index (χ0v) is 12.8.